The second-order valence-electron chi connectivity index (χ2n) is 5.82. The molecule has 1 heterocycles. The first kappa shape index (κ1) is 15.0. The number of nitrogens with zero attached hydrogens (tertiary/aromatic N) is 3. The summed E-state index contributed by atoms with van der Waals surface area (Å²) in [4.78, 5) is 12.6. The van der Waals surface area contributed by atoms with E-state index in [9.17, 15) is 9.00 Å². The predicted octanol–water partition coefficient (Wildman–Crippen LogP) is 2.47. The Hall–Kier alpha value is -2.60. The highest BCUT2D eigenvalue weighted by Gasteiger charge is 2.20. The fraction of sp³-hybridized carbons (Fsp3) is 0.167. The number of carbonyl (C=O) groups excluding carboxylic acids is 1. The van der Waals surface area contributed by atoms with Crippen LogP contribution in [-0.2, 0) is 23.8 Å². The van der Waals surface area contributed by atoms with Crippen molar-refractivity contribution >= 4 is 16.6 Å². The molecule has 0 saturated carbocycles. The van der Waals surface area contributed by atoms with Gasteiger partial charge in [-0.15, -0.1) is 10.2 Å². The first-order valence-corrected chi connectivity index (χ1v) is 9.15. The molecule has 24 heavy (non-hydrogen) atoms. The van der Waals surface area contributed by atoms with Crippen LogP contribution in [0.3, 0.4) is 0 Å². The summed E-state index contributed by atoms with van der Waals surface area (Å²) in [7, 11) is -1.27. The Labute approximate surface area is 141 Å². The van der Waals surface area contributed by atoms with E-state index in [0.29, 0.717) is 10.7 Å². The molecule has 5 nitrogen and oxygen atoms in total. The average Bonchev–Trinajstić information content (AvgIpc) is 3.18. The zero-order valence-corrected chi connectivity index (χ0v) is 13.9. The van der Waals surface area contributed by atoms with Gasteiger partial charge >= 0.3 is 0 Å². The summed E-state index contributed by atoms with van der Waals surface area (Å²) >= 11 is 0. The van der Waals surface area contributed by atoms with Crippen molar-refractivity contribution in [3.63, 3.8) is 0 Å². The van der Waals surface area contributed by atoms with Gasteiger partial charge in [0.05, 0.1) is 17.3 Å². The summed E-state index contributed by atoms with van der Waals surface area (Å²) in [6, 6.07) is 14.1. The first-order chi connectivity index (χ1) is 11.6. The summed E-state index contributed by atoms with van der Waals surface area (Å²) in [6.07, 6.45) is 3.82. The van der Waals surface area contributed by atoms with Crippen molar-refractivity contribution in [3.05, 3.63) is 65.5 Å². The fourth-order valence-electron chi connectivity index (χ4n) is 3.14. The Morgan fingerprint density at radius 2 is 1.96 bits per heavy atom. The number of carbonyl (C=O) groups is 1. The normalized spacial score (nSPS) is 13.4. The minimum Gasteiger partial charge on any atom is -0.299 e. The van der Waals surface area contributed by atoms with E-state index in [1.807, 2.05) is 30.3 Å². The molecule has 6 heteroatoms. The van der Waals surface area contributed by atoms with Gasteiger partial charge in [0.1, 0.15) is 6.33 Å². The molecule has 1 atom stereocenters. The van der Waals surface area contributed by atoms with Gasteiger partial charge < -0.3 is 0 Å². The van der Waals surface area contributed by atoms with Crippen molar-refractivity contribution in [2.75, 3.05) is 6.26 Å². The van der Waals surface area contributed by atoms with E-state index < -0.39 is 10.8 Å². The van der Waals surface area contributed by atoms with Crippen molar-refractivity contribution in [2.24, 2.45) is 0 Å². The minimum atomic E-state index is -1.27. The quantitative estimate of drug-likeness (QED) is 0.537. The van der Waals surface area contributed by atoms with Gasteiger partial charge in [0, 0.05) is 11.8 Å². The smallest absolute Gasteiger partial charge is 0.221 e. The molecule has 1 aliphatic rings. The topological polar surface area (TPSA) is 64.8 Å². The van der Waals surface area contributed by atoms with E-state index in [1.165, 1.54) is 34.8 Å². The van der Waals surface area contributed by atoms with Crippen LogP contribution in [0.4, 0.5) is 0 Å². The Bertz CT molecular complexity index is 978. The lowest BCUT2D eigenvalue weighted by molar-refractivity contribution is 0.0969. The Morgan fingerprint density at radius 3 is 2.79 bits per heavy atom. The largest absolute Gasteiger partial charge is 0.299 e. The molecule has 1 aliphatic carbocycles. The minimum absolute atomic E-state index is 0.0414. The van der Waals surface area contributed by atoms with Crippen LogP contribution in [0.1, 0.15) is 21.5 Å². The number of hydrogen-bond acceptors (Lipinski definition) is 4. The molecule has 1 aromatic heterocycles. The van der Waals surface area contributed by atoms with Crippen LogP contribution in [0, 0.1) is 0 Å². The highest BCUT2D eigenvalue weighted by molar-refractivity contribution is 7.84. The van der Waals surface area contributed by atoms with Crippen LogP contribution < -0.4 is 0 Å². The van der Waals surface area contributed by atoms with Gasteiger partial charge in [-0.3, -0.25) is 13.6 Å². The van der Waals surface area contributed by atoms with Crippen LogP contribution >= 0.6 is 0 Å². The highest BCUT2D eigenvalue weighted by atomic mass is 32.2. The third-order valence-electron chi connectivity index (χ3n) is 4.27. The van der Waals surface area contributed by atoms with Crippen molar-refractivity contribution in [1.29, 1.82) is 0 Å². The molecule has 0 spiro atoms. The van der Waals surface area contributed by atoms with Gasteiger partial charge in [-0.25, -0.2) is 0 Å². The maximum atomic E-state index is 12.6. The summed E-state index contributed by atoms with van der Waals surface area (Å²) < 4.78 is 13.1. The van der Waals surface area contributed by atoms with Gasteiger partial charge in [-0.2, -0.15) is 0 Å². The molecule has 2 aromatic carbocycles. The van der Waals surface area contributed by atoms with Crippen molar-refractivity contribution in [3.8, 4) is 11.1 Å². The second-order valence-corrected chi connectivity index (χ2v) is 7.10. The van der Waals surface area contributed by atoms with E-state index in [4.69, 9.17) is 0 Å². The molecule has 0 bridgehead atoms. The van der Waals surface area contributed by atoms with Crippen LogP contribution in [0.2, 0.25) is 0 Å². The third-order valence-corrected chi connectivity index (χ3v) is 5.10. The maximum absolute atomic E-state index is 12.6. The van der Waals surface area contributed by atoms with Crippen LogP contribution in [0.5, 0.6) is 0 Å². The molecule has 120 valence electrons. The molecule has 0 aliphatic heterocycles. The van der Waals surface area contributed by atoms with E-state index >= 15 is 0 Å². The molecule has 0 amide bonds. The number of benzene rings is 2. The number of rotatable bonds is 4. The maximum Gasteiger partial charge on any atom is 0.221 e. The summed E-state index contributed by atoms with van der Waals surface area (Å²) in [5.41, 5.74) is 5.56. The zero-order chi connectivity index (χ0) is 16.7. The molecule has 3 aromatic rings. The molecule has 4 rings (SSSR count). The molecule has 0 N–H and O–H groups in total. The van der Waals surface area contributed by atoms with Gasteiger partial charge in [-0.1, -0.05) is 36.4 Å². The van der Waals surface area contributed by atoms with Crippen LogP contribution in [-0.4, -0.2) is 31.0 Å². The number of ketones is 1. The molecule has 0 fully saturated rings. The van der Waals surface area contributed by atoms with E-state index in [2.05, 4.69) is 22.3 Å². The van der Waals surface area contributed by atoms with Crippen molar-refractivity contribution in [1.82, 2.24) is 14.8 Å². The Balaban J connectivity index is 1.62. The standard InChI is InChI=1S/C18H15N3O2S/c1-24(23)18-20-19-11-21(18)10-17(22)13-6-7-16-14(9-13)8-12-4-2-3-5-15(12)16/h2-7,9,11H,8,10H2,1H3/t24-/m1/s1. The SMILES string of the molecule is C[S@@](=O)c1nncn1CC(=O)c1ccc2c(c1)Cc1ccccc1-2. The lowest BCUT2D eigenvalue weighted by atomic mass is 10.0. The molecule has 0 saturated heterocycles. The first-order valence-electron chi connectivity index (χ1n) is 7.59. The van der Waals surface area contributed by atoms with Gasteiger partial charge in [0.2, 0.25) is 5.16 Å². The van der Waals surface area contributed by atoms with Crippen molar-refractivity contribution in [2.45, 2.75) is 18.1 Å². The number of fused-ring (bicyclic) bond motifs is 3. The number of aromatic nitrogens is 3. The second kappa shape index (κ2) is 5.79. The van der Waals surface area contributed by atoms with E-state index in [0.717, 1.165) is 6.42 Å². The third kappa shape index (κ3) is 2.49. The van der Waals surface area contributed by atoms with E-state index in [1.54, 1.807) is 4.57 Å². The highest BCUT2D eigenvalue weighted by Crippen LogP contribution is 2.36. The number of hydrogen-bond donors (Lipinski definition) is 0. The van der Waals surface area contributed by atoms with Gasteiger partial charge in [0.25, 0.3) is 0 Å². The Morgan fingerprint density at radius 1 is 1.17 bits per heavy atom. The monoisotopic (exact) mass is 337 g/mol. The molecule has 0 unspecified atom stereocenters. The lowest BCUT2D eigenvalue weighted by Crippen LogP contribution is -2.13. The van der Waals surface area contributed by atoms with Crippen molar-refractivity contribution < 1.29 is 9.00 Å². The summed E-state index contributed by atoms with van der Waals surface area (Å²) in [6.45, 7) is 0.0909. The van der Waals surface area contributed by atoms with Crippen LogP contribution in [0.25, 0.3) is 11.1 Å². The zero-order valence-electron chi connectivity index (χ0n) is 13.1. The summed E-state index contributed by atoms with van der Waals surface area (Å²) in [5, 5.41) is 7.87. The van der Waals surface area contributed by atoms with E-state index in [-0.39, 0.29) is 12.3 Å². The van der Waals surface area contributed by atoms with Crippen LogP contribution in [0.15, 0.2) is 53.9 Å². The van der Waals surface area contributed by atoms with Gasteiger partial charge in [-0.05, 0) is 34.7 Å². The summed E-state index contributed by atoms with van der Waals surface area (Å²) in [5.74, 6) is -0.0414. The Kier molecular flexibility index (Phi) is 3.61. The predicted molar refractivity (Wildman–Crippen MR) is 91.4 cm³/mol. The lowest BCUT2D eigenvalue weighted by Gasteiger charge is -2.06. The average molecular weight is 337 g/mol. The molecule has 0 radical (unpaired) electrons. The molecular formula is C18H15N3O2S. The van der Waals surface area contributed by atoms with Gasteiger partial charge in [0.15, 0.2) is 5.78 Å². The fourth-order valence-corrected chi connectivity index (χ4v) is 3.74. The molecular weight excluding hydrogens is 322 g/mol. The number of Topliss-reactive ketones (excluding diaryl/α,β-unsaturated/α-hetero) is 1.